The molecule has 3 aliphatic rings. The van der Waals surface area contributed by atoms with Crippen molar-refractivity contribution in [2.24, 2.45) is 11.8 Å². The number of fused-ring (bicyclic) bond motifs is 1. The highest BCUT2D eigenvalue weighted by atomic mass is 16.2. The molecule has 1 fully saturated rings. The Morgan fingerprint density at radius 3 is 2.75 bits per heavy atom. The zero-order valence-electron chi connectivity index (χ0n) is 19.8. The van der Waals surface area contributed by atoms with Crippen molar-refractivity contribution >= 4 is 11.6 Å². The molecule has 1 aromatic carbocycles. The van der Waals surface area contributed by atoms with Crippen LogP contribution in [-0.4, -0.2) is 41.4 Å². The number of likely N-dealkylation sites (tertiary alicyclic amines) is 1. The van der Waals surface area contributed by atoms with Gasteiger partial charge in [-0.05, 0) is 62.1 Å². The Kier molecular flexibility index (Phi) is 7.47. The number of nitrogens with zero attached hydrogens (tertiary/aromatic N) is 2. The molecule has 3 heteroatoms. The van der Waals surface area contributed by atoms with Crippen LogP contribution >= 0.6 is 0 Å². The molecule has 3 unspecified atom stereocenters. The first kappa shape index (κ1) is 22.8. The van der Waals surface area contributed by atoms with E-state index >= 15 is 0 Å². The van der Waals surface area contributed by atoms with Crippen LogP contribution in [0.5, 0.6) is 0 Å². The predicted octanol–water partition coefficient (Wildman–Crippen LogP) is 6.46. The number of allylic oxidation sites excluding steroid dienone is 6. The maximum Gasteiger partial charge on any atom is 0.258 e. The highest BCUT2D eigenvalue weighted by molar-refractivity contribution is 6.08. The fraction of sp³-hybridized carbons (Fsp3) is 0.483. The first-order valence-corrected chi connectivity index (χ1v) is 12.4. The van der Waals surface area contributed by atoms with Crippen LogP contribution in [0.15, 0.2) is 66.8 Å². The fourth-order valence-electron chi connectivity index (χ4n) is 5.55. The second-order valence-electron chi connectivity index (χ2n) is 9.69. The number of hydrogen-bond donors (Lipinski definition) is 0. The molecule has 0 spiro atoms. The smallest absolute Gasteiger partial charge is 0.258 e. The van der Waals surface area contributed by atoms with Crippen LogP contribution < -0.4 is 0 Å². The van der Waals surface area contributed by atoms with Crippen molar-refractivity contribution in [3.05, 3.63) is 77.9 Å². The third-order valence-corrected chi connectivity index (χ3v) is 7.61. The van der Waals surface area contributed by atoms with Gasteiger partial charge >= 0.3 is 0 Å². The van der Waals surface area contributed by atoms with E-state index in [2.05, 4.69) is 55.7 Å². The zero-order valence-corrected chi connectivity index (χ0v) is 19.8. The number of carbonyl (C=O) groups excluding carboxylic acids is 1. The van der Waals surface area contributed by atoms with Crippen molar-refractivity contribution in [3.63, 3.8) is 0 Å². The predicted molar refractivity (Wildman–Crippen MR) is 134 cm³/mol. The Hall–Kier alpha value is -2.39. The van der Waals surface area contributed by atoms with Crippen LogP contribution in [0.4, 0.5) is 0 Å². The quantitative estimate of drug-likeness (QED) is 0.472. The van der Waals surface area contributed by atoms with E-state index in [1.54, 1.807) is 0 Å². The molecule has 4 rings (SSSR count). The second kappa shape index (κ2) is 10.5. The number of piperidine rings is 1. The summed E-state index contributed by atoms with van der Waals surface area (Å²) in [6.45, 7) is 11.9. The standard InChI is InChI=1S/C29H38N2O/c1-4-22(2)28-21-25(20-24-12-7-5-6-8-13-24)16-19-30(28)17-11-18-31-23(3)26-14-9-10-15-27(26)29(31)32/h5,7-10,12-15,22,25,28H,3-4,6,11,16-21H2,1-2H3. The normalized spacial score (nSPS) is 24.4. The van der Waals surface area contributed by atoms with Gasteiger partial charge in [0.1, 0.15) is 0 Å². The van der Waals surface area contributed by atoms with Gasteiger partial charge in [0.25, 0.3) is 5.91 Å². The van der Waals surface area contributed by atoms with E-state index in [1.807, 2.05) is 29.2 Å². The first-order valence-electron chi connectivity index (χ1n) is 12.4. The van der Waals surface area contributed by atoms with Gasteiger partial charge in [0.2, 0.25) is 0 Å². The Balaban J connectivity index is 1.33. The van der Waals surface area contributed by atoms with Gasteiger partial charge in [-0.15, -0.1) is 0 Å². The van der Waals surface area contributed by atoms with Gasteiger partial charge in [-0.2, -0.15) is 0 Å². The van der Waals surface area contributed by atoms with Crippen molar-refractivity contribution in [2.45, 2.75) is 58.4 Å². The summed E-state index contributed by atoms with van der Waals surface area (Å²) in [7, 11) is 0. The van der Waals surface area contributed by atoms with Gasteiger partial charge < -0.3 is 9.80 Å². The maximum absolute atomic E-state index is 12.8. The third kappa shape index (κ3) is 4.99. The van der Waals surface area contributed by atoms with E-state index in [4.69, 9.17) is 0 Å². The number of benzene rings is 1. The molecule has 1 amide bonds. The average molecular weight is 431 g/mol. The van der Waals surface area contributed by atoms with E-state index in [0.717, 1.165) is 48.7 Å². The van der Waals surface area contributed by atoms with Crippen molar-refractivity contribution in [3.8, 4) is 0 Å². The number of hydrogen-bond acceptors (Lipinski definition) is 2. The summed E-state index contributed by atoms with van der Waals surface area (Å²) in [4.78, 5) is 17.4. The molecule has 0 bridgehead atoms. The van der Waals surface area contributed by atoms with Crippen LogP contribution in [0.1, 0.15) is 68.3 Å². The minimum absolute atomic E-state index is 0.113. The molecule has 3 atom stereocenters. The molecule has 0 N–H and O–H groups in total. The molecule has 170 valence electrons. The maximum atomic E-state index is 12.8. The summed E-state index contributed by atoms with van der Waals surface area (Å²) < 4.78 is 0. The van der Waals surface area contributed by atoms with E-state index in [-0.39, 0.29) is 5.91 Å². The van der Waals surface area contributed by atoms with Gasteiger partial charge in [-0.3, -0.25) is 4.79 Å². The lowest BCUT2D eigenvalue weighted by Crippen LogP contribution is -2.47. The third-order valence-electron chi connectivity index (χ3n) is 7.61. The van der Waals surface area contributed by atoms with E-state index < -0.39 is 0 Å². The van der Waals surface area contributed by atoms with Crippen molar-refractivity contribution in [1.29, 1.82) is 0 Å². The first-order chi connectivity index (χ1) is 15.6. The highest BCUT2D eigenvalue weighted by Gasteiger charge is 2.33. The van der Waals surface area contributed by atoms with Crippen molar-refractivity contribution in [1.82, 2.24) is 9.80 Å². The molecule has 1 aliphatic carbocycles. The molecule has 0 saturated carbocycles. The van der Waals surface area contributed by atoms with Crippen LogP contribution in [0.25, 0.3) is 5.70 Å². The molecule has 0 aromatic heterocycles. The van der Waals surface area contributed by atoms with Gasteiger partial charge in [0, 0.05) is 36.0 Å². The lowest BCUT2D eigenvalue weighted by Gasteiger charge is -2.43. The summed E-state index contributed by atoms with van der Waals surface area (Å²) in [5.41, 5.74) is 4.13. The summed E-state index contributed by atoms with van der Waals surface area (Å²) in [6, 6.07) is 8.49. The molecule has 1 saturated heterocycles. The summed E-state index contributed by atoms with van der Waals surface area (Å²) in [6.07, 6.45) is 18.3. The van der Waals surface area contributed by atoms with Gasteiger partial charge in [-0.1, -0.05) is 75.4 Å². The molecule has 0 radical (unpaired) electrons. The highest BCUT2D eigenvalue weighted by Crippen LogP contribution is 2.34. The summed E-state index contributed by atoms with van der Waals surface area (Å²) in [5.74, 6) is 1.58. The lowest BCUT2D eigenvalue weighted by atomic mass is 9.80. The second-order valence-corrected chi connectivity index (χ2v) is 9.69. The Morgan fingerprint density at radius 1 is 1.16 bits per heavy atom. The minimum atomic E-state index is 0.113. The number of rotatable bonds is 8. The van der Waals surface area contributed by atoms with Crippen molar-refractivity contribution < 1.29 is 4.79 Å². The lowest BCUT2D eigenvalue weighted by molar-refractivity contribution is 0.0687. The molecule has 2 aliphatic heterocycles. The van der Waals surface area contributed by atoms with Crippen LogP contribution in [0.2, 0.25) is 0 Å². The average Bonchev–Trinajstić information content (AvgIpc) is 2.98. The Morgan fingerprint density at radius 2 is 1.97 bits per heavy atom. The molecular weight excluding hydrogens is 392 g/mol. The zero-order chi connectivity index (χ0) is 22.5. The molecule has 3 nitrogen and oxygen atoms in total. The molecule has 1 aromatic rings. The number of carbonyl (C=O) groups is 1. The molecule has 2 heterocycles. The Labute approximate surface area is 194 Å². The van der Waals surface area contributed by atoms with E-state index in [9.17, 15) is 4.79 Å². The van der Waals surface area contributed by atoms with Crippen LogP contribution in [0.3, 0.4) is 0 Å². The monoisotopic (exact) mass is 430 g/mol. The van der Waals surface area contributed by atoms with Crippen LogP contribution in [0, 0.1) is 11.8 Å². The summed E-state index contributed by atoms with van der Waals surface area (Å²) in [5, 5.41) is 0. The van der Waals surface area contributed by atoms with Gasteiger partial charge in [-0.25, -0.2) is 0 Å². The minimum Gasteiger partial charge on any atom is -0.308 e. The van der Waals surface area contributed by atoms with Crippen LogP contribution in [-0.2, 0) is 0 Å². The fourth-order valence-corrected chi connectivity index (χ4v) is 5.55. The molecule has 32 heavy (non-hydrogen) atoms. The van der Waals surface area contributed by atoms with E-state index in [0.29, 0.717) is 12.0 Å². The SMILES string of the molecule is C=C1c2ccccc2C(=O)N1CCCN1CCC(CC2=CC=CCC=C2)CC1C(C)CC. The topological polar surface area (TPSA) is 23.6 Å². The van der Waals surface area contributed by atoms with Gasteiger partial charge in [0.05, 0.1) is 0 Å². The largest absolute Gasteiger partial charge is 0.308 e. The molecular formula is C29H38N2O. The van der Waals surface area contributed by atoms with E-state index in [1.165, 1.54) is 37.8 Å². The van der Waals surface area contributed by atoms with Gasteiger partial charge in [0.15, 0.2) is 0 Å². The summed E-state index contributed by atoms with van der Waals surface area (Å²) >= 11 is 0. The number of amides is 1. The van der Waals surface area contributed by atoms with Crippen molar-refractivity contribution in [2.75, 3.05) is 19.6 Å². The Bertz CT molecular complexity index is 890.